The molecule has 6 nitrogen and oxygen atoms in total. The standard InChI is InChI=1S/C12H13BrN4O2/c1-17-6-5-11(16-17)15-12(18)14-10-7-8(19-2)3-4-9(10)13/h3-7H,1-2H3,(H2,14,15,16,18). The third-order valence-corrected chi connectivity index (χ3v) is 3.07. The van der Waals surface area contributed by atoms with Crippen LogP contribution in [0.15, 0.2) is 34.9 Å². The zero-order chi connectivity index (χ0) is 13.8. The van der Waals surface area contributed by atoms with Gasteiger partial charge >= 0.3 is 6.03 Å². The number of benzene rings is 1. The van der Waals surface area contributed by atoms with Crippen molar-refractivity contribution in [1.29, 1.82) is 0 Å². The molecule has 0 aliphatic heterocycles. The highest BCUT2D eigenvalue weighted by Crippen LogP contribution is 2.27. The van der Waals surface area contributed by atoms with Gasteiger partial charge in [0.15, 0.2) is 5.82 Å². The van der Waals surface area contributed by atoms with Crippen LogP contribution in [0.4, 0.5) is 16.3 Å². The van der Waals surface area contributed by atoms with Gasteiger partial charge in [0, 0.05) is 29.8 Å². The fourth-order valence-electron chi connectivity index (χ4n) is 1.48. The molecule has 1 aromatic carbocycles. The second-order valence-corrected chi connectivity index (χ2v) is 4.65. The molecule has 0 saturated carbocycles. The zero-order valence-electron chi connectivity index (χ0n) is 10.5. The van der Waals surface area contributed by atoms with E-state index in [1.807, 2.05) is 0 Å². The van der Waals surface area contributed by atoms with E-state index in [1.54, 1.807) is 49.3 Å². The Labute approximate surface area is 118 Å². The Bertz CT molecular complexity index is 597. The van der Waals surface area contributed by atoms with Crippen LogP contribution < -0.4 is 15.4 Å². The number of hydrogen-bond acceptors (Lipinski definition) is 3. The van der Waals surface area contributed by atoms with E-state index >= 15 is 0 Å². The van der Waals surface area contributed by atoms with E-state index in [2.05, 4.69) is 31.7 Å². The summed E-state index contributed by atoms with van der Waals surface area (Å²) in [7, 11) is 3.35. The molecule has 0 unspecified atom stereocenters. The lowest BCUT2D eigenvalue weighted by molar-refractivity contribution is 0.262. The molecule has 2 rings (SSSR count). The maximum atomic E-state index is 11.8. The molecule has 0 radical (unpaired) electrons. The number of hydrogen-bond donors (Lipinski definition) is 2. The second-order valence-electron chi connectivity index (χ2n) is 3.80. The van der Waals surface area contributed by atoms with Gasteiger partial charge in [-0.1, -0.05) is 0 Å². The van der Waals surface area contributed by atoms with E-state index < -0.39 is 0 Å². The third-order valence-electron chi connectivity index (χ3n) is 2.38. The minimum absolute atomic E-state index is 0.368. The van der Waals surface area contributed by atoms with E-state index in [-0.39, 0.29) is 6.03 Å². The van der Waals surface area contributed by atoms with Crippen LogP contribution in [0.25, 0.3) is 0 Å². The van der Waals surface area contributed by atoms with Gasteiger partial charge in [-0.2, -0.15) is 5.10 Å². The topological polar surface area (TPSA) is 68.2 Å². The molecule has 0 spiro atoms. The van der Waals surface area contributed by atoms with E-state index in [9.17, 15) is 4.79 Å². The van der Waals surface area contributed by atoms with Crippen LogP contribution in [-0.2, 0) is 7.05 Å². The van der Waals surface area contributed by atoms with Crippen LogP contribution in [0.1, 0.15) is 0 Å². The highest BCUT2D eigenvalue weighted by molar-refractivity contribution is 9.10. The Morgan fingerprint density at radius 3 is 2.79 bits per heavy atom. The van der Waals surface area contributed by atoms with Crippen molar-refractivity contribution in [2.75, 3.05) is 17.7 Å². The highest BCUT2D eigenvalue weighted by atomic mass is 79.9. The first-order chi connectivity index (χ1) is 9.08. The van der Waals surface area contributed by atoms with E-state index in [0.717, 1.165) is 4.47 Å². The molecule has 2 aromatic rings. The first-order valence-electron chi connectivity index (χ1n) is 5.49. The molecule has 0 atom stereocenters. The van der Waals surface area contributed by atoms with Crippen LogP contribution in [0.2, 0.25) is 0 Å². The molecule has 0 saturated heterocycles. The minimum Gasteiger partial charge on any atom is -0.497 e. The number of amides is 2. The van der Waals surface area contributed by atoms with Gasteiger partial charge < -0.3 is 10.1 Å². The first-order valence-corrected chi connectivity index (χ1v) is 6.29. The van der Waals surface area contributed by atoms with Gasteiger partial charge in [0.2, 0.25) is 0 Å². The van der Waals surface area contributed by atoms with Gasteiger partial charge in [0.1, 0.15) is 5.75 Å². The van der Waals surface area contributed by atoms with Crippen LogP contribution in [-0.4, -0.2) is 22.9 Å². The second kappa shape index (κ2) is 5.75. The minimum atomic E-state index is -0.368. The average molecular weight is 325 g/mol. The van der Waals surface area contributed by atoms with Crippen LogP contribution in [0.3, 0.4) is 0 Å². The molecular weight excluding hydrogens is 312 g/mol. The number of anilines is 2. The normalized spacial score (nSPS) is 10.1. The summed E-state index contributed by atoms with van der Waals surface area (Å²) in [6, 6.07) is 6.66. The Morgan fingerprint density at radius 2 is 2.16 bits per heavy atom. The molecule has 0 aliphatic rings. The molecule has 0 fully saturated rings. The summed E-state index contributed by atoms with van der Waals surface area (Å²) in [6.07, 6.45) is 1.75. The lowest BCUT2D eigenvalue weighted by Crippen LogP contribution is -2.20. The van der Waals surface area contributed by atoms with Gasteiger partial charge in [0.25, 0.3) is 0 Å². The number of carbonyl (C=O) groups excluding carboxylic acids is 1. The van der Waals surface area contributed by atoms with Crippen molar-refractivity contribution in [2.24, 2.45) is 7.05 Å². The number of rotatable bonds is 3. The smallest absolute Gasteiger partial charge is 0.324 e. The van der Waals surface area contributed by atoms with Crippen molar-refractivity contribution in [1.82, 2.24) is 9.78 Å². The summed E-state index contributed by atoms with van der Waals surface area (Å²) in [4.78, 5) is 11.8. The average Bonchev–Trinajstić information content (AvgIpc) is 2.77. The lowest BCUT2D eigenvalue weighted by atomic mass is 10.3. The Kier molecular flexibility index (Phi) is 4.06. The molecule has 0 aliphatic carbocycles. The van der Waals surface area contributed by atoms with Crippen molar-refractivity contribution in [2.45, 2.75) is 0 Å². The summed E-state index contributed by atoms with van der Waals surface area (Å²) < 4.78 is 7.48. The number of carbonyl (C=O) groups is 1. The third kappa shape index (κ3) is 3.47. The van der Waals surface area contributed by atoms with Gasteiger partial charge in [-0.25, -0.2) is 4.79 Å². The molecule has 2 amide bonds. The van der Waals surface area contributed by atoms with E-state index in [4.69, 9.17) is 4.74 Å². The molecule has 1 aromatic heterocycles. The zero-order valence-corrected chi connectivity index (χ0v) is 12.1. The number of halogens is 1. The summed E-state index contributed by atoms with van der Waals surface area (Å²) in [6.45, 7) is 0. The van der Waals surface area contributed by atoms with Crippen molar-refractivity contribution >= 4 is 33.5 Å². The highest BCUT2D eigenvalue weighted by Gasteiger charge is 2.08. The van der Waals surface area contributed by atoms with Gasteiger partial charge in [0.05, 0.1) is 12.8 Å². The molecule has 7 heteroatoms. The Balaban J connectivity index is 2.06. The summed E-state index contributed by atoms with van der Waals surface area (Å²) >= 11 is 3.36. The SMILES string of the molecule is COc1ccc(Br)c(NC(=O)Nc2ccn(C)n2)c1. The number of aryl methyl sites for hydroxylation is 1. The molecule has 0 bridgehead atoms. The van der Waals surface area contributed by atoms with Crippen molar-refractivity contribution in [3.05, 3.63) is 34.9 Å². The van der Waals surface area contributed by atoms with Crippen LogP contribution in [0.5, 0.6) is 5.75 Å². The fourth-order valence-corrected chi connectivity index (χ4v) is 1.82. The molecular formula is C12H13BrN4O2. The molecule has 1 heterocycles. The molecule has 100 valence electrons. The number of ether oxygens (including phenoxy) is 1. The lowest BCUT2D eigenvalue weighted by Gasteiger charge is -2.09. The van der Waals surface area contributed by atoms with Crippen molar-refractivity contribution in [3.63, 3.8) is 0 Å². The largest absolute Gasteiger partial charge is 0.497 e. The maximum absolute atomic E-state index is 11.8. The quantitative estimate of drug-likeness (QED) is 0.912. The van der Waals surface area contributed by atoms with Crippen LogP contribution >= 0.6 is 15.9 Å². The van der Waals surface area contributed by atoms with Crippen LogP contribution in [0, 0.1) is 0 Å². The van der Waals surface area contributed by atoms with Gasteiger partial charge in [-0.15, -0.1) is 0 Å². The summed E-state index contributed by atoms with van der Waals surface area (Å²) in [5, 5.41) is 9.41. The Morgan fingerprint density at radius 1 is 1.37 bits per heavy atom. The summed E-state index contributed by atoms with van der Waals surface area (Å²) in [5.74, 6) is 1.15. The number of urea groups is 1. The van der Waals surface area contributed by atoms with Crippen molar-refractivity contribution in [3.8, 4) is 5.75 Å². The summed E-state index contributed by atoms with van der Waals surface area (Å²) in [5.41, 5.74) is 0.618. The molecule has 2 N–H and O–H groups in total. The first kappa shape index (κ1) is 13.4. The van der Waals surface area contributed by atoms with Gasteiger partial charge in [-0.05, 0) is 28.1 Å². The number of nitrogens with zero attached hydrogens (tertiary/aromatic N) is 2. The molecule has 19 heavy (non-hydrogen) atoms. The van der Waals surface area contributed by atoms with Crippen molar-refractivity contribution < 1.29 is 9.53 Å². The number of aromatic nitrogens is 2. The number of nitrogens with one attached hydrogen (secondary N) is 2. The monoisotopic (exact) mass is 324 g/mol. The van der Waals surface area contributed by atoms with E-state index in [0.29, 0.717) is 17.3 Å². The Hall–Kier alpha value is -2.02. The van der Waals surface area contributed by atoms with Gasteiger partial charge in [-0.3, -0.25) is 10.00 Å². The maximum Gasteiger partial charge on any atom is 0.324 e. The number of methoxy groups -OCH3 is 1. The predicted molar refractivity (Wildman–Crippen MR) is 76.5 cm³/mol. The van der Waals surface area contributed by atoms with E-state index in [1.165, 1.54) is 0 Å². The fraction of sp³-hybridized carbons (Fsp3) is 0.167. The predicted octanol–water partition coefficient (Wildman–Crippen LogP) is 2.84.